The lowest BCUT2D eigenvalue weighted by molar-refractivity contribution is -0.132. The third-order valence-electron chi connectivity index (χ3n) is 5.53. The number of amides is 1. The van der Waals surface area contributed by atoms with Gasteiger partial charge in [-0.15, -0.1) is 0 Å². The Morgan fingerprint density at radius 1 is 1.15 bits per heavy atom. The first-order chi connectivity index (χ1) is 9.77. The Bertz CT molecular complexity index is 517. The maximum Gasteiger partial charge on any atom is 0.227 e. The minimum atomic E-state index is -0.0764. The Labute approximate surface area is 120 Å². The molecule has 106 valence electrons. The van der Waals surface area contributed by atoms with Crippen LogP contribution in [0.15, 0.2) is 24.3 Å². The molecule has 2 saturated heterocycles. The molecule has 0 aromatic heterocycles. The third-order valence-corrected chi connectivity index (χ3v) is 5.53. The fourth-order valence-electron chi connectivity index (χ4n) is 4.33. The van der Waals surface area contributed by atoms with Gasteiger partial charge in [0.05, 0.1) is 5.41 Å². The normalized spacial score (nSPS) is 30.7. The Kier molecular flexibility index (Phi) is 2.84. The molecule has 1 spiro atoms. The average molecular weight is 270 g/mol. The van der Waals surface area contributed by atoms with E-state index in [1.165, 1.54) is 11.1 Å². The fraction of sp³-hybridized carbons (Fsp3) is 0.588. The molecule has 4 rings (SSSR count). The molecule has 1 aromatic rings. The van der Waals surface area contributed by atoms with Crippen LogP contribution in [0.5, 0.6) is 0 Å². The summed E-state index contributed by atoms with van der Waals surface area (Å²) in [7, 11) is 0. The van der Waals surface area contributed by atoms with Crippen molar-refractivity contribution in [2.75, 3.05) is 19.6 Å². The van der Waals surface area contributed by atoms with E-state index in [2.05, 4.69) is 34.5 Å². The van der Waals surface area contributed by atoms with Gasteiger partial charge in [-0.1, -0.05) is 24.3 Å². The van der Waals surface area contributed by atoms with Gasteiger partial charge in [-0.2, -0.15) is 0 Å². The molecule has 3 heteroatoms. The molecule has 0 radical (unpaired) electrons. The predicted octanol–water partition coefficient (Wildman–Crippen LogP) is 1.76. The molecular weight excluding hydrogens is 248 g/mol. The number of carbonyl (C=O) groups is 1. The highest BCUT2D eigenvalue weighted by molar-refractivity contribution is 5.84. The molecule has 2 aliphatic heterocycles. The molecular formula is C17H22N2O. The highest BCUT2D eigenvalue weighted by Gasteiger charge is 2.47. The van der Waals surface area contributed by atoms with Crippen LogP contribution >= 0.6 is 0 Å². The molecule has 1 atom stereocenters. The quantitative estimate of drug-likeness (QED) is 0.843. The van der Waals surface area contributed by atoms with E-state index in [-0.39, 0.29) is 5.41 Å². The van der Waals surface area contributed by atoms with Crippen LogP contribution in [0.2, 0.25) is 0 Å². The summed E-state index contributed by atoms with van der Waals surface area (Å²) >= 11 is 0. The van der Waals surface area contributed by atoms with Crippen molar-refractivity contribution in [3.8, 4) is 0 Å². The molecule has 2 fully saturated rings. The zero-order valence-corrected chi connectivity index (χ0v) is 11.9. The number of piperidine rings is 1. The first-order valence-corrected chi connectivity index (χ1v) is 7.86. The van der Waals surface area contributed by atoms with Crippen molar-refractivity contribution in [3.05, 3.63) is 35.4 Å². The van der Waals surface area contributed by atoms with Crippen molar-refractivity contribution in [1.29, 1.82) is 0 Å². The zero-order chi connectivity index (χ0) is 13.6. The summed E-state index contributed by atoms with van der Waals surface area (Å²) in [5.41, 5.74) is 2.94. The minimum absolute atomic E-state index is 0.0764. The van der Waals surface area contributed by atoms with Crippen molar-refractivity contribution in [2.24, 2.45) is 5.41 Å². The van der Waals surface area contributed by atoms with Crippen LogP contribution in [-0.4, -0.2) is 36.5 Å². The van der Waals surface area contributed by atoms with Crippen LogP contribution in [-0.2, 0) is 17.6 Å². The second-order valence-electron chi connectivity index (χ2n) is 6.69. The number of rotatable bonds is 1. The van der Waals surface area contributed by atoms with Gasteiger partial charge < -0.3 is 5.32 Å². The van der Waals surface area contributed by atoms with Crippen LogP contribution in [0, 0.1) is 5.41 Å². The van der Waals surface area contributed by atoms with Crippen molar-refractivity contribution in [1.82, 2.24) is 10.2 Å². The second-order valence-corrected chi connectivity index (χ2v) is 6.69. The summed E-state index contributed by atoms with van der Waals surface area (Å²) in [6, 6.07) is 9.41. The minimum Gasteiger partial charge on any atom is -0.356 e. The van der Waals surface area contributed by atoms with Crippen LogP contribution < -0.4 is 5.32 Å². The van der Waals surface area contributed by atoms with Gasteiger partial charge in [0.25, 0.3) is 0 Å². The lowest BCUT2D eigenvalue weighted by atomic mass is 9.79. The summed E-state index contributed by atoms with van der Waals surface area (Å²) in [6.45, 7) is 2.93. The fourth-order valence-corrected chi connectivity index (χ4v) is 4.33. The van der Waals surface area contributed by atoms with Gasteiger partial charge in [0.15, 0.2) is 0 Å². The molecule has 1 amide bonds. The first-order valence-electron chi connectivity index (χ1n) is 7.86. The van der Waals surface area contributed by atoms with E-state index < -0.39 is 0 Å². The van der Waals surface area contributed by atoms with E-state index >= 15 is 0 Å². The number of hydrogen-bond donors (Lipinski definition) is 1. The summed E-state index contributed by atoms with van der Waals surface area (Å²) in [4.78, 5) is 14.8. The summed E-state index contributed by atoms with van der Waals surface area (Å²) < 4.78 is 0. The number of hydrogen-bond acceptors (Lipinski definition) is 2. The van der Waals surface area contributed by atoms with Gasteiger partial charge in [-0.3, -0.25) is 9.69 Å². The molecule has 3 aliphatic rings. The Hall–Kier alpha value is -1.35. The molecule has 0 saturated carbocycles. The number of likely N-dealkylation sites (tertiary alicyclic amines) is 1. The van der Waals surface area contributed by atoms with Gasteiger partial charge in [-0.25, -0.2) is 0 Å². The van der Waals surface area contributed by atoms with Gasteiger partial charge in [0.2, 0.25) is 5.91 Å². The highest BCUT2D eigenvalue weighted by Crippen LogP contribution is 2.40. The van der Waals surface area contributed by atoms with E-state index in [9.17, 15) is 4.79 Å². The SMILES string of the molecule is O=C1NCCC[C@]12CCN(C1Cc3ccccc3C1)C2. The van der Waals surface area contributed by atoms with Crippen molar-refractivity contribution < 1.29 is 4.79 Å². The number of fused-ring (bicyclic) bond motifs is 1. The predicted molar refractivity (Wildman–Crippen MR) is 78.5 cm³/mol. The van der Waals surface area contributed by atoms with E-state index in [0.29, 0.717) is 11.9 Å². The maximum atomic E-state index is 12.3. The topological polar surface area (TPSA) is 32.3 Å². The van der Waals surface area contributed by atoms with Crippen molar-refractivity contribution in [3.63, 3.8) is 0 Å². The van der Waals surface area contributed by atoms with Crippen LogP contribution in [0.4, 0.5) is 0 Å². The highest BCUT2D eigenvalue weighted by atomic mass is 16.2. The number of nitrogens with one attached hydrogen (secondary N) is 1. The van der Waals surface area contributed by atoms with Gasteiger partial charge in [-0.05, 0) is 49.8 Å². The second kappa shape index (κ2) is 4.59. The lowest BCUT2D eigenvalue weighted by Gasteiger charge is -2.33. The third kappa shape index (κ3) is 1.87. The molecule has 0 unspecified atom stereocenters. The molecule has 20 heavy (non-hydrogen) atoms. The van der Waals surface area contributed by atoms with Gasteiger partial charge >= 0.3 is 0 Å². The Balaban J connectivity index is 1.49. The van der Waals surface area contributed by atoms with E-state index in [4.69, 9.17) is 0 Å². The average Bonchev–Trinajstić information content (AvgIpc) is 3.07. The number of benzene rings is 1. The first kappa shape index (κ1) is 12.4. The molecule has 1 aliphatic carbocycles. The zero-order valence-electron chi connectivity index (χ0n) is 11.9. The van der Waals surface area contributed by atoms with E-state index in [1.807, 2.05) is 0 Å². The van der Waals surface area contributed by atoms with Crippen LogP contribution in [0.25, 0.3) is 0 Å². The lowest BCUT2D eigenvalue weighted by Crippen LogP contribution is -2.48. The molecule has 2 heterocycles. The Morgan fingerprint density at radius 3 is 2.60 bits per heavy atom. The maximum absolute atomic E-state index is 12.3. The summed E-state index contributed by atoms with van der Waals surface area (Å²) in [6.07, 6.45) is 5.59. The van der Waals surface area contributed by atoms with Gasteiger partial charge in [0.1, 0.15) is 0 Å². The molecule has 1 aromatic carbocycles. The number of carbonyl (C=O) groups excluding carboxylic acids is 1. The van der Waals surface area contributed by atoms with Crippen molar-refractivity contribution >= 4 is 5.91 Å². The van der Waals surface area contributed by atoms with Gasteiger partial charge in [0, 0.05) is 19.1 Å². The van der Waals surface area contributed by atoms with E-state index in [0.717, 1.165) is 51.7 Å². The van der Waals surface area contributed by atoms with E-state index in [1.54, 1.807) is 0 Å². The monoisotopic (exact) mass is 270 g/mol. The van der Waals surface area contributed by atoms with Crippen LogP contribution in [0.1, 0.15) is 30.4 Å². The molecule has 1 N–H and O–H groups in total. The summed E-state index contributed by atoms with van der Waals surface area (Å²) in [5, 5.41) is 3.08. The Morgan fingerprint density at radius 2 is 1.90 bits per heavy atom. The van der Waals surface area contributed by atoms with Crippen molar-refractivity contribution in [2.45, 2.75) is 38.1 Å². The summed E-state index contributed by atoms with van der Waals surface area (Å²) in [5.74, 6) is 0.307. The molecule has 3 nitrogen and oxygen atoms in total. The standard InChI is InChI=1S/C17H22N2O/c20-16-17(6-3-8-18-16)7-9-19(12-17)15-10-13-4-1-2-5-14(13)11-15/h1-2,4-5,15H,3,6-12H2,(H,18,20)/t17-/m1/s1. The molecule has 0 bridgehead atoms. The number of nitrogens with zero attached hydrogens (tertiary/aromatic N) is 1. The van der Waals surface area contributed by atoms with Crippen LogP contribution in [0.3, 0.4) is 0 Å². The largest absolute Gasteiger partial charge is 0.356 e. The smallest absolute Gasteiger partial charge is 0.227 e.